The number of benzene rings is 4. The molecule has 6 heteroatoms. The molecular formula is C34H39N5O. The summed E-state index contributed by atoms with van der Waals surface area (Å²) in [5.74, 6) is 2.23. The van der Waals surface area contributed by atoms with Crippen LogP contribution in [-0.2, 0) is 6.61 Å². The van der Waals surface area contributed by atoms with E-state index in [1.165, 1.54) is 0 Å². The lowest BCUT2D eigenvalue weighted by molar-refractivity contribution is 0.301. The van der Waals surface area contributed by atoms with Crippen molar-refractivity contribution in [3.8, 4) is 28.1 Å². The number of nitrogens with one attached hydrogen (secondary N) is 2. The second kappa shape index (κ2) is 10.6. The van der Waals surface area contributed by atoms with E-state index in [4.69, 9.17) is 21.2 Å². The summed E-state index contributed by atoms with van der Waals surface area (Å²) in [6, 6.07) is 17.6. The molecule has 0 fully saturated rings. The first-order chi connectivity index (χ1) is 19.3. The predicted molar refractivity (Wildman–Crippen MR) is 171 cm³/mol. The molecule has 1 atom stereocenters. The van der Waals surface area contributed by atoms with Crippen LogP contribution in [0.3, 0.4) is 0 Å². The Hall–Kier alpha value is -4.45. The van der Waals surface area contributed by atoms with Crippen LogP contribution >= 0.6 is 0 Å². The molecule has 4 aromatic carbocycles. The van der Waals surface area contributed by atoms with Crippen molar-refractivity contribution in [3.05, 3.63) is 78.8 Å². The number of imidazole rings is 1. The first-order valence-electron chi connectivity index (χ1n) is 13.9. The number of fused-ring (bicyclic) bond motifs is 6. The highest BCUT2D eigenvalue weighted by atomic mass is 16.5. The molecule has 1 aliphatic rings. The molecule has 1 aromatic heterocycles. The number of hydrogen-bond donors (Lipinski definition) is 4. The third-order valence-corrected chi connectivity index (χ3v) is 7.91. The van der Waals surface area contributed by atoms with Gasteiger partial charge >= 0.3 is 0 Å². The van der Waals surface area contributed by atoms with Gasteiger partial charge in [-0.3, -0.25) is 0 Å². The molecule has 5 aromatic rings. The molecule has 6 nitrogen and oxygen atoms in total. The first-order valence-corrected chi connectivity index (χ1v) is 13.9. The van der Waals surface area contributed by atoms with Crippen molar-refractivity contribution in [1.82, 2.24) is 9.97 Å². The van der Waals surface area contributed by atoms with Gasteiger partial charge in [0.15, 0.2) is 0 Å². The van der Waals surface area contributed by atoms with Gasteiger partial charge in [-0.25, -0.2) is 4.98 Å². The van der Waals surface area contributed by atoms with E-state index < -0.39 is 0 Å². The Morgan fingerprint density at radius 3 is 2.35 bits per heavy atom. The number of anilines is 3. The zero-order valence-electron chi connectivity index (χ0n) is 24.1. The Kier molecular flexibility index (Phi) is 7.19. The molecule has 0 saturated carbocycles. The van der Waals surface area contributed by atoms with Gasteiger partial charge in [-0.2, -0.15) is 0 Å². The van der Waals surface area contributed by atoms with Gasteiger partial charge in [0, 0.05) is 39.4 Å². The van der Waals surface area contributed by atoms with Gasteiger partial charge < -0.3 is 26.5 Å². The van der Waals surface area contributed by atoms with Crippen molar-refractivity contribution in [2.24, 2.45) is 0 Å². The lowest BCUT2D eigenvalue weighted by Crippen LogP contribution is -2.15. The molecule has 2 heterocycles. The maximum Gasteiger partial charge on any atom is 0.137 e. The Labute approximate surface area is 236 Å². The highest BCUT2D eigenvalue weighted by Crippen LogP contribution is 2.44. The molecule has 0 radical (unpaired) electrons. The minimum absolute atomic E-state index is 0.336. The maximum absolute atomic E-state index is 6.55. The van der Waals surface area contributed by atoms with E-state index in [2.05, 4.69) is 99.7 Å². The van der Waals surface area contributed by atoms with E-state index >= 15 is 0 Å². The number of aromatic amines is 1. The third-order valence-electron chi connectivity index (χ3n) is 7.91. The molecule has 6 N–H and O–H groups in total. The number of H-pyrrole nitrogens is 1. The number of nitrogens with two attached hydrogens (primary N) is 2. The molecule has 1 unspecified atom stereocenters. The smallest absolute Gasteiger partial charge is 0.137 e. The molecule has 0 spiro atoms. The topological polar surface area (TPSA) is 102 Å². The number of nitrogens with zero attached hydrogens (tertiary/aromatic N) is 1. The lowest BCUT2D eigenvalue weighted by Gasteiger charge is -2.21. The highest BCUT2D eigenvalue weighted by Gasteiger charge is 2.24. The normalized spacial score (nSPS) is 12.8. The minimum atomic E-state index is 0.336. The maximum atomic E-state index is 6.55. The monoisotopic (exact) mass is 533 g/mol. The molecule has 1 aliphatic heterocycles. The summed E-state index contributed by atoms with van der Waals surface area (Å²) in [4.78, 5) is 8.32. The minimum Gasteiger partial charge on any atom is -0.486 e. The van der Waals surface area contributed by atoms with E-state index in [1.54, 1.807) is 0 Å². The SMILES string of the molecule is C=C.CCC(C)Nc1c(C)c(N)c(N)c2cc(-c3ccc4c5c(ccc4c3)-c3nc(C(C)C)[nH]c3CO5)ccc12. The first kappa shape index (κ1) is 27.1. The van der Waals surface area contributed by atoms with Gasteiger partial charge in [-0.1, -0.05) is 51.1 Å². The van der Waals surface area contributed by atoms with Crippen LogP contribution in [0.5, 0.6) is 5.75 Å². The standard InChI is InChI=1S/C32H35N5O.C2H4/c1-6-17(4)35-29-18(5)27(33)28(34)25-14-20(8-11-23(25)29)19-7-10-22-21(13-19)9-12-24-30-26(15-38-31(22)24)36-32(37-30)16(2)3;1-2/h7-14,16-17,35H,6,15,33-34H2,1-5H3,(H,36,37);1-2H2. The number of rotatable bonds is 5. The van der Waals surface area contributed by atoms with Crippen molar-refractivity contribution in [1.29, 1.82) is 0 Å². The summed E-state index contributed by atoms with van der Waals surface area (Å²) in [6.07, 6.45) is 1.02. The predicted octanol–water partition coefficient (Wildman–Crippen LogP) is 8.55. The van der Waals surface area contributed by atoms with Crippen molar-refractivity contribution in [2.75, 3.05) is 16.8 Å². The van der Waals surface area contributed by atoms with Gasteiger partial charge in [-0.05, 0) is 60.5 Å². The quantitative estimate of drug-likeness (QED) is 0.134. The van der Waals surface area contributed by atoms with Crippen LogP contribution in [0.15, 0.2) is 61.7 Å². The van der Waals surface area contributed by atoms with E-state index in [1.807, 2.05) is 6.92 Å². The average molecular weight is 534 g/mol. The van der Waals surface area contributed by atoms with Crippen LogP contribution in [0, 0.1) is 6.92 Å². The molecule has 0 amide bonds. The van der Waals surface area contributed by atoms with Crippen molar-refractivity contribution in [2.45, 2.75) is 59.6 Å². The van der Waals surface area contributed by atoms with Crippen LogP contribution in [0.4, 0.5) is 17.1 Å². The Bertz CT molecular complexity index is 1730. The number of aromatic nitrogens is 2. The summed E-state index contributed by atoms with van der Waals surface area (Å²) in [7, 11) is 0. The number of ether oxygens (including phenoxy) is 1. The summed E-state index contributed by atoms with van der Waals surface area (Å²) >= 11 is 0. The molecular weight excluding hydrogens is 494 g/mol. The Morgan fingerprint density at radius 1 is 0.950 bits per heavy atom. The Balaban J connectivity index is 0.00000158. The number of hydrogen-bond acceptors (Lipinski definition) is 5. The fourth-order valence-electron chi connectivity index (χ4n) is 5.38. The third kappa shape index (κ3) is 4.43. The van der Waals surface area contributed by atoms with Gasteiger partial charge in [0.05, 0.1) is 22.8 Å². The van der Waals surface area contributed by atoms with Crippen LogP contribution in [0.2, 0.25) is 0 Å². The second-order valence-electron chi connectivity index (χ2n) is 10.8. The van der Waals surface area contributed by atoms with E-state index in [0.717, 1.165) is 78.9 Å². The van der Waals surface area contributed by atoms with E-state index in [-0.39, 0.29) is 0 Å². The fraction of sp³-hybridized carbons (Fsp3) is 0.265. The van der Waals surface area contributed by atoms with Crippen LogP contribution in [0.1, 0.15) is 57.1 Å². The van der Waals surface area contributed by atoms with E-state index in [0.29, 0.717) is 29.9 Å². The zero-order valence-corrected chi connectivity index (χ0v) is 24.1. The van der Waals surface area contributed by atoms with Crippen LogP contribution < -0.4 is 21.5 Å². The summed E-state index contributed by atoms with van der Waals surface area (Å²) in [6.45, 7) is 17.2. The molecule has 6 rings (SSSR count). The fourth-order valence-corrected chi connectivity index (χ4v) is 5.38. The van der Waals surface area contributed by atoms with Gasteiger partial charge in [0.2, 0.25) is 0 Å². The number of nitrogen functional groups attached to an aromatic ring is 2. The molecule has 0 saturated heterocycles. The van der Waals surface area contributed by atoms with Crippen molar-refractivity contribution < 1.29 is 4.74 Å². The molecule has 206 valence electrons. The van der Waals surface area contributed by atoms with Gasteiger partial charge in [0.1, 0.15) is 18.2 Å². The highest BCUT2D eigenvalue weighted by molar-refractivity contribution is 6.09. The second-order valence-corrected chi connectivity index (χ2v) is 10.8. The Morgan fingerprint density at radius 2 is 1.65 bits per heavy atom. The summed E-state index contributed by atoms with van der Waals surface area (Å²) < 4.78 is 6.24. The zero-order chi connectivity index (χ0) is 28.7. The van der Waals surface area contributed by atoms with Crippen molar-refractivity contribution in [3.63, 3.8) is 0 Å². The van der Waals surface area contributed by atoms with Crippen LogP contribution in [0.25, 0.3) is 43.9 Å². The summed E-state index contributed by atoms with van der Waals surface area (Å²) in [5.41, 5.74) is 21.6. The molecule has 0 aliphatic carbocycles. The van der Waals surface area contributed by atoms with Gasteiger partial charge in [0.25, 0.3) is 0 Å². The largest absolute Gasteiger partial charge is 0.486 e. The lowest BCUT2D eigenvalue weighted by atomic mass is 9.94. The van der Waals surface area contributed by atoms with E-state index in [9.17, 15) is 0 Å². The molecule has 40 heavy (non-hydrogen) atoms. The summed E-state index contributed by atoms with van der Waals surface area (Å²) in [5, 5.41) is 7.92. The van der Waals surface area contributed by atoms with Crippen LogP contribution in [-0.4, -0.2) is 16.0 Å². The molecule has 0 bridgehead atoms. The van der Waals surface area contributed by atoms with Gasteiger partial charge in [-0.15, -0.1) is 13.2 Å². The van der Waals surface area contributed by atoms with Crippen molar-refractivity contribution >= 4 is 38.6 Å². The average Bonchev–Trinajstić information content (AvgIpc) is 3.44.